The van der Waals surface area contributed by atoms with Crippen molar-refractivity contribution in [3.63, 3.8) is 0 Å². The molecular formula is C13H19N3. The average Bonchev–Trinajstić information content (AvgIpc) is 3.06. The molecule has 2 aliphatic rings. The van der Waals surface area contributed by atoms with E-state index in [0.717, 1.165) is 16.9 Å². The van der Waals surface area contributed by atoms with Gasteiger partial charge in [0.1, 0.15) is 5.82 Å². The second-order valence-corrected chi connectivity index (χ2v) is 5.36. The van der Waals surface area contributed by atoms with Crippen LogP contribution in [0.5, 0.6) is 0 Å². The van der Waals surface area contributed by atoms with Gasteiger partial charge in [-0.25, -0.2) is 4.98 Å². The van der Waals surface area contributed by atoms with Crippen LogP contribution in [-0.4, -0.2) is 18.1 Å². The molecule has 3 rings (SSSR count). The summed E-state index contributed by atoms with van der Waals surface area (Å²) in [6.07, 6.45) is 5.62. The van der Waals surface area contributed by atoms with Gasteiger partial charge in [0, 0.05) is 19.6 Å². The maximum atomic E-state index is 5.61. The van der Waals surface area contributed by atoms with E-state index in [4.69, 9.17) is 5.73 Å². The molecule has 0 atom stereocenters. The highest BCUT2D eigenvalue weighted by molar-refractivity contribution is 5.41. The third-order valence-electron chi connectivity index (χ3n) is 4.20. The highest BCUT2D eigenvalue weighted by Crippen LogP contribution is 2.61. The SMILES string of the molecule is CN(c1cccc(CN)n1)C1CC2(CC2)C1. The molecule has 0 saturated heterocycles. The van der Waals surface area contributed by atoms with Crippen molar-refractivity contribution in [3.05, 3.63) is 23.9 Å². The van der Waals surface area contributed by atoms with E-state index >= 15 is 0 Å². The minimum absolute atomic E-state index is 0.524. The first-order valence-electron chi connectivity index (χ1n) is 6.11. The van der Waals surface area contributed by atoms with Gasteiger partial charge in [0.05, 0.1) is 5.69 Å². The van der Waals surface area contributed by atoms with Crippen LogP contribution in [0.1, 0.15) is 31.4 Å². The molecule has 1 spiro atoms. The number of hydrogen-bond donors (Lipinski definition) is 1. The number of nitrogens with two attached hydrogens (primary N) is 1. The van der Waals surface area contributed by atoms with Crippen LogP contribution in [-0.2, 0) is 6.54 Å². The summed E-state index contributed by atoms with van der Waals surface area (Å²) in [5.41, 5.74) is 7.34. The summed E-state index contributed by atoms with van der Waals surface area (Å²) in [5, 5.41) is 0. The van der Waals surface area contributed by atoms with Crippen molar-refractivity contribution >= 4 is 5.82 Å². The fourth-order valence-corrected chi connectivity index (χ4v) is 2.76. The van der Waals surface area contributed by atoms with Gasteiger partial charge < -0.3 is 10.6 Å². The first-order valence-corrected chi connectivity index (χ1v) is 6.11. The van der Waals surface area contributed by atoms with Crippen LogP contribution in [0.2, 0.25) is 0 Å². The van der Waals surface area contributed by atoms with Gasteiger partial charge in [-0.3, -0.25) is 0 Å². The number of pyridine rings is 1. The lowest BCUT2D eigenvalue weighted by Gasteiger charge is -2.42. The monoisotopic (exact) mass is 217 g/mol. The Hall–Kier alpha value is -1.09. The summed E-state index contributed by atoms with van der Waals surface area (Å²) < 4.78 is 0. The topological polar surface area (TPSA) is 42.1 Å². The number of hydrogen-bond acceptors (Lipinski definition) is 3. The number of aromatic nitrogens is 1. The lowest BCUT2D eigenvalue weighted by molar-refractivity contribution is 0.232. The van der Waals surface area contributed by atoms with Crippen LogP contribution in [0.3, 0.4) is 0 Å². The lowest BCUT2D eigenvalue weighted by atomic mass is 9.76. The molecule has 2 aliphatic carbocycles. The maximum Gasteiger partial charge on any atom is 0.128 e. The summed E-state index contributed by atoms with van der Waals surface area (Å²) in [6.45, 7) is 0.524. The number of rotatable bonds is 3. The molecule has 0 amide bonds. The van der Waals surface area contributed by atoms with Gasteiger partial charge in [0.15, 0.2) is 0 Å². The third kappa shape index (κ3) is 1.59. The van der Waals surface area contributed by atoms with Gasteiger partial charge in [-0.2, -0.15) is 0 Å². The molecule has 1 heterocycles. The lowest BCUT2D eigenvalue weighted by Crippen LogP contribution is -2.44. The van der Waals surface area contributed by atoms with Crippen molar-refractivity contribution in [2.24, 2.45) is 11.1 Å². The summed E-state index contributed by atoms with van der Waals surface area (Å²) in [6, 6.07) is 6.81. The van der Waals surface area contributed by atoms with Gasteiger partial charge in [0.25, 0.3) is 0 Å². The number of anilines is 1. The molecule has 0 unspecified atom stereocenters. The molecule has 1 aromatic rings. The number of nitrogens with zero attached hydrogens (tertiary/aromatic N) is 2. The van der Waals surface area contributed by atoms with E-state index in [1.165, 1.54) is 25.7 Å². The van der Waals surface area contributed by atoms with Crippen LogP contribution in [0.4, 0.5) is 5.82 Å². The second kappa shape index (κ2) is 3.45. The summed E-state index contributed by atoms with van der Waals surface area (Å²) in [4.78, 5) is 6.89. The van der Waals surface area contributed by atoms with E-state index in [1.807, 2.05) is 12.1 Å². The van der Waals surface area contributed by atoms with Crippen LogP contribution < -0.4 is 10.6 Å². The zero-order chi connectivity index (χ0) is 11.2. The molecule has 0 bridgehead atoms. The molecule has 2 saturated carbocycles. The molecule has 0 radical (unpaired) electrons. The van der Waals surface area contributed by atoms with E-state index in [1.54, 1.807) is 0 Å². The maximum absolute atomic E-state index is 5.61. The molecule has 1 aromatic heterocycles. The van der Waals surface area contributed by atoms with Gasteiger partial charge >= 0.3 is 0 Å². The molecule has 16 heavy (non-hydrogen) atoms. The van der Waals surface area contributed by atoms with E-state index in [2.05, 4.69) is 23.0 Å². The zero-order valence-corrected chi connectivity index (χ0v) is 9.82. The molecule has 0 aliphatic heterocycles. The first-order chi connectivity index (χ1) is 7.72. The fourth-order valence-electron chi connectivity index (χ4n) is 2.76. The molecule has 2 N–H and O–H groups in total. The Morgan fingerprint density at radius 3 is 2.81 bits per heavy atom. The summed E-state index contributed by atoms with van der Waals surface area (Å²) in [5.74, 6) is 1.07. The first kappa shape index (κ1) is 10.1. The standard InChI is InChI=1S/C13H19N3/c1-16(11-7-13(8-11)5-6-13)12-4-2-3-10(9-14)15-12/h2-4,11H,5-9,14H2,1H3. The largest absolute Gasteiger partial charge is 0.357 e. The molecule has 3 heteroatoms. The van der Waals surface area contributed by atoms with Crippen molar-refractivity contribution < 1.29 is 0 Å². The smallest absolute Gasteiger partial charge is 0.128 e. The summed E-state index contributed by atoms with van der Waals surface area (Å²) in [7, 11) is 2.16. The zero-order valence-electron chi connectivity index (χ0n) is 9.82. The van der Waals surface area contributed by atoms with E-state index in [-0.39, 0.29) is 0 Å². The predicted molar refractivity (Wildman–Crippen MR) is 65.2 cm³/mol. The van der Waals surface area contributed by atoms with Crippen LogP contribution in [0.25, 0.3) is 0 Å². The van der Waals surface area contributed by atoms with Gasteiger partial charge in [-0.1, -0.05) is 6.07 Å². The minimum atomic E-state index is 0.524. The van der Waals surface area contributed by atoms with Gasteiger partial charge in [-0.05, 0) is 43.2 Å². The Morgan fingerprint density at radius 1 is 1.44 bits per heavy atom. The Bertz CT molecular complexity index is 390. The van der Waals surface area contributed by atoms with Crippen molar-refractivity contribution in [1.82, 2.24) is 4.98 Å². The Kier molecular flexibility index (Phi) is 2.18. The second-order valence-electron chi connectivity index (χ2n) is 5.36. The Labute approximate surface area is 96.7 Å². The summed E-state index contributed by atoms with van der Waals surface area (Å²) >= 11 is 0. The Balaban J connectivity index is 1.71. The molecule has 3 nitrogen and oxygen atoms in total. The minimum Gasteiger partial charge on any atom is -0.357 e. The highest BCUT2D eigenvalue weighted by atomic mass is 15.2. The normalized spacial score (nSPS) is 21.9. The van der Waals surface area contributed by atoms with E-state index in [0.29, 0.717) is 12.6 Å². The van der Waals surface area contributed by atoms with Crippen LogP contribution in [0, 0.1) is 5.41 Å². The van der Waals surface area contributed by atoms with E-state index < -0.39 is 0 Å². The van der Waals surface area contributed by atoms with Crippen molar-refractivity contribution in [1.29, 1.82) is 0 Å². The molecule has 86 valence electrons. The predicted octanol–water partition coefficient (Wildman–Crippen LogP) is 1.92. The average molecular weight is 217 g/mol. The van der Waals surface area contributed by atoms with Crippen molar-refractivity contribution in [3.8, 4) is 0 Å². The molecular weight excluding hydrogens is 198 g/mol. The molecule has 2 fully saturated rings. The van der Waals surface area contributed by atoms with Gasteiger partial charge in [-0.15, -0.1) is 0 Å². The van der Waals surface area contributed by atoms with Crippen LogP contribution in [0.15, 0.2) is 18.2 Å². The fraction of sp³-hybridized carbons (Fsp3) is 0.615. The van der Waals surface area contributed by atoms with Crippen LogP contribution >= 0.6 is 0 Å². The Morgan fingerprint density at radius 2 is 2.19 bits per heavy atom. The quantitative estimate of drug-likeness (QED) is 0.841. The van der Waals surface area contributed by atoms with Gasteiger partial charge in [0.2, 0.25) is 0 Å². The molecule has 0 aromatic carbocycles. The van der Waals surface area contributed by atoms with E-state index in [9.17, 15) is 0 Å². The third-order valence-corrected chi connectivity index (χ3v) is 4.20. The van der Waals surface area contributed by atoms with Crippen molar-refractivity contribution in [2.75, 3.05) is 11.9 Å². The van der Waals surface area contributed by atoms with Crippen molar-refractivity contribution in [2.45, 2.75) is 38.3 Å². The highest BCUT2D eigenvalue weighted by Gasteiger charge is 2.54.